The van der Waals surface area contributed by atoms with E-state index in [-0.39, 0.29) is 17.5 Å². The van der Waals surface area contributed by atoms with Gasteiger partial charge in [0.15, 0.2) is 0 Å². The lowest BCUT2D eigenvalue weighted by atomic mass is 9.94. The molecule has 0 fully saturated rings. The number of carbonyl (C=O) groups excluding carboxylic acids is 1. The molecule has 2 aromatic rings. The van der Waals surface area contributed by atoms with Crippen LogP contribution in [0.2, 0.25) is 0 Å². The molecule has 1 aliphatic rings. The molecule has 0 saturated heterocycles. The van der Waals surface area contributed by atoms with Crippen LogP contribution in [-0.4, -0.2) is 28.8 Å². The second kappa shape index (κ2) is 7.23. The van der Waals surface area contributed by atoms with Crippen molar-refractivity contribution in [1.29, 1.82) is 0 Å². The number of hydrogen-bond acceptors (Lipinski definition) is 3. The van der Waals surface area contributed by atoms with Crippen molar-refractivity contribution in [3.63, 3.8) is 0 Å². The number of carbonyl (C=O) groups is 1. The minimum atomic E-state index is -0.151. The lowest BCUT2D eigenvalue weighted by Gasteiger charge is -2.27. The van der Waals surface area contributed by atoms with Gasteiger partial charge in [0.2, 0.25) is 0 Å². The van der Waals surface area contributed by atoms with Crippen LogP contribution in [0.4, 0.5) is 0 Å². The summed E-state index contributed by atoms with van der Waals surface area (Å²) in [5, 5.41) is 11.2. The molecule has 1 aromatic heterocycles. The van der Waals surface area contributed by atoms with Gasteiger partial charge < -0.3 is 10.6 Å². The van der Waals surface area contributed by atoms with Crippen LogP contribution in [0.15, 0.2) is 30.3 Å². The Bertz CT molecular complexity index is 786. The number of amides is 1. The van der Waals surface area contributed by atoms with Crippen molar-refractivity contribution in [3.8, 4) is 0 Å². The van der Waals surface area contributed by atoms with E-state index in [4.69, 9.17) is 0 Å². The molecule has 26 heavy (non-hydrogen) atoms. The predicted molar refractivity (Wildman–Crippen MR) is 105 cm³/mol. The number of rotatable bonds is 4. The summed E-state index contributed by atoms with van der Waals surface area (Å²) in [5.41, 5.74) is 4.07. The summed E-state index contributed by atoms with van der Waals surface area (Å²) in [7, 11) is 0. The summed E-state index contributed by atoms with van der Waals surface area (Å²) in [6, 6.07) is 10.5. The summed E-state index contributed by atoms with van der Waals surface area (Å²) in [6.07, 6.45) is 1.04. The molecule has 1 aliphatic heterocycles. The standard InChI is InChI=1S/C21H30N4O/c1-14(2)19-12-17(24-25(19)21(3,4)5)20(26)23-13-18-16-9-7-6-8-15(16)10-11-22-18/h6-9,12,14,18,22H,10-11,13H2,1-5H3,(H,23,26). The molecule has 0 saturated carbocycles. The topological polar surface area (TPSA) is 59.0 Å². The molecule has 1 unspecified atom stereocenters. The first-order chi connectivity index (χ1) is 12.3. The van der Waals surface area contributed by atoms with Gasteiger partial charge in [-0.1, -0.05) is 38.1 Å². The number of nitrogens with one attached hydrogen (secondary N) is 2. The molecule has 2 N–H and O–H groups in total. The van der Waals surface area contributed by atoms with Crippen molar-refractivity contribution in [1.82, 2.24) is 20.4 Å². The Hall–Kier alpha value is -2.14. The van der Waals surface area contributed by atoms with Gasteiger partial charge in [-0.15, -0.1) is 0 Å². The van der Waals surface area contributed by atoms with Gasteiger partial charge >= 0.3 is 0 Å². The van der Waals surface area contributed by atoms with E-state index in [0.717, 1.165) is 18.7 Å². The molecule has 140 valence electrons. The summed E-state index contributed by atoms with van der Waals surface area (Å²) >= 11 is 0. The number of hydrogen-bond donors (Lipinski definition) is 2. The van der Waals surface area contributed by atoms with Crippen LogP contribution in [0.3, 0.4) is 0 Å². The lowest BCUT2D eigenvalue weighted by molar-refractivity contribution is 0.0942. The molecule has 1 aromatic carbocycles. The molecule has 5 nitrogen and oxygen atoms in total. The highest BCUT2D eigenvalue weighted by Gasteiger charge is 2.25. The van der Waals surface area contributed by atoms with E-state index < -0.39 is 0 Å². The number of benzene rings is 1. The van der Waals surface area contributed by atoms with E-state index in [1.165, 1.54) is 11.1 Å². The third kappa shape index (κ3) is 3.83. The fourth-order valence-electron chi connectivity index (χ4n) is 3.52. The SMILES string of the molecule is CC(C)c1cc(C(=O)NCC2NCCc3ccccc32)nn1C(C)(C)C. The maximum absolute atomic E-state index is 12.7. The molecular formula is C21H30N4O. The molecule has 0 radical (unpaired) electrons. The van der Waals surface area contributed by atoms with Gasteiger partial charge in [0.1, 0.15) is 5.69 Å². The van der Waals surface area contributed by atoms with Crippen LogP contribution in [-0.2, 0) is 12.0 Å². The Morgan fingerprint density at radius 3 is 2.73 bits per heavy atom. The van der Waals surface area contributed by atoms with Crippen LogP contribution in [0, 0.1) is 0 Å². The van der Waals surface area contributed by atoms with Gasteiger partial charge in [-0.2, -0.15) is 5.10 Å². The first-order valence-electron chi connectivity index (χ1n) is 9.47. The quantitative estimate of drug-likeness (QED) is 0.885. The Morgan fingerprint density at radius 1 is 1.35 bits per heavy atom. The van der Waals surface area contributed by atoms with E-state index in [2.05, 4.69) is 74.6 Å². The Morgan fingerprint density at radius 2 is 2.08 bits per heavy atom. The molecule has 0 bridgehead atoms. The van der Waals surface area contributed by atoms with Gasteiger partial charge in [0.05, 0.1) is 5.54 Å². The Labute approximate surface area is 156 Å². The van der Waals surface area contributed by atoms with Crippen LogP contribution < -0.4 is 10.6 Å². The van der Waals surface area contributed by atoms with Crippen molar-refractivity contribution >= 4 is 5.91 Å². The second-order valence-electron chi connectivity index (χ2n) is 8.36. The van der Waals surface area contributed by atoms with E-state index >= 15 is 0 Å². The summed E-state index contributed by atoms with van der Waals surface area (Å²) < 4.78 is 1.97. The van der Waals surface area contributed by atoms with Crippen LogP contribution >= 0.6 is 0 Å². The van der Waals surface area contributed by atoms with Gasteiger partial charge in [0.25, 0.3) is 5.91 Å². The van der Waals surface area contributed by atoms with E-state index in [9.17, 15) is 4.79 Å². The largest absolute Gasteiger partial charge is 0.349 e. The molecule has 1 amide bonds. The normalized spacial score (nSPS) is 17.2. The molecule has 0 aliphatic carbocycles. The van der Waals surface area contributed by atoms with Gasteiger partial charge in [0, 0.05) is 18.3 Å². The maximum atomic E-state index is 12.7. The van der Waals surface area contributed by atoms with Crippen molar-refractivity contribution < 1.29 is 4.79 Å². The third-order valence-electron chi connectivity index (χ3n) is 4.88. The maximum Gasteiger partial charge on any atom is 0.271 e. The van der Waals surface area contributed by atoms with Crippen molar-refractivity contribution in [3.05, 3.63) is 52.8 Å². The zero-order chi connectivity index (χ0) is 18.9. The lowest BCUT2D eigenvalue weighted by Crippen LogP contribution is -2.39. The van der Waals surface area contributed by atoms with E-state index in [0.29, 0.717) is 18.2 Å². The zero-order valence-corrected chi connectivity index (χ0v) is 16.5. The van der Waals surface area contributed by atoms with Crippen molar-refractivity contribution in [2.75, 3.05) is 13.1 Å². The zero-order valence-electron chi connectivity index (χ0n) is 16.5. The smallest absolute Gasteiger partial charge is 0.271 e. The highest BCUT2D eigenvalue weighted by molar-refractivity contribution is 5.92. The monoisotopic (exact) mass is 354 g/mol. The first-order valence-corrected chi connectivity index (χ1v) is 9.47. The second-order valence-corrected chi connectivity index (χ2v) is 8.36. The van der Waals surface area contributed by atoms with Crippen LogP contribution in [0.1, 0.15) is 73.9 Å². The van der Waals surface area contributed by atoms with Crippen LogP contribution in [0.25, 0.3) is 0 Å². The Kier molecular flexibility index (Phi) is 5.19. The van der Waals surface area contributed by atoms with Crippen molar-refractivity contribution in [2.24, 2.45) is 0 Å². The average Bonchev–Trinajstić information content (AvgIpc) is 3.06. The summed E-state index contributed by atoms with van der Waals surface area (Å²) in [6.45, 7) is 12.1. The minimum Gasteiger partial charge on any atom is -0.349 e. The molecule has 0 spiro atoms. The van der Waals surface area contributed by atoms with E-state index in [1.54, 1.807) is 0 Å². The highest BCUT2D eigenvalue weighted by atomic mass is 16.1. The van der Waals surface area contributed by atoms with Gasteiger partial charge in [-0.25, -0.2) is 0 Å². The summed E-state index contributed by atoms with van der Waals surface area (Å²) in [4.78, 5) is 12.7. The fourth-order valence-corrected chi connectivity index (χ4v) is 3.52. The summed E-state index contributed by atoms with van der Waals surface area (Å²) in [5.74, 6) is 0.204. The first kappa shape index (κ1) is 18.6. The van der Waals surface area contributed by atoms with Gasteiger partial charge in [-0.05, 0) is 56.8 Å². The predicted octanol–water partition coefficient (Wildman–Crippen LogP) is 3.38. The molecule has 3 rings (SSSR count). The number of fused-ring (bicyclic) bond motifs is 1. The minimum absolute atomic E-state index is 0.111. The molecular weight excluding hydrogens is 324 g/mol. The van der Waals surface area contributed by atoms with Crippen LogP contribution in [0.5, 0.6) is 0 Å². The molecule has 2 heterocycles. The number of aromatic nitrogens is 2. The third-order valence-corrected chi connectivity index (χ3v) is 4.88. The Balaban J connectivity index is 1.74. The highest BCUT2D eigenvalue weighted by Crippen LogP contribution is 2.24. The molecule has 5 heteroatoms. The van der Waals surface area contributed by atoms with Gasteiger partial charge in [-0.3, -0.25) is 9.48 Å². The van der Waals surface area contributed by atoms with E-state index in [1.807, 2.05) is 10.7 Å². The van der Waals surface area contributed by atoms with Crippen molar-refractivity contribution in [2.45, 2.75) is 58.5 Å². The number of nitrogens with zero attached hydrogens (tertiary/aromatic N) is 2. The molecule has 1 atom stereocenters. The average molecular weight is 354 g/mol. The fraction of sp³-hybridized carbons (Fsp3) is 0.524.